The second kappa shape index (κ2) is 4.23. The maximum Gasteiger partial charge on any atom is 0.254 e. The third kappa shape index (κ3) is 1.91. The fourth-order valence-corrected chi connectivity index (χ4v) is 3.19. The molecule has 1 amide bonds. The molecule has 2 fully saturated rings. The van der Waals surface area contributed by atoms with E-state index in [2.05, 4.69) is 27.7 Å². The van der Waals surface area contributed by atoms with Gasteiger partial charge < -0.3 is 15.5 Å². The van der Waals surface area contributed by atoms with Crippen molar-refractivity contribution in [1.29, 1.82) is 0 Å². The van der Waals surface area contributed by atoms with Gasteiger partial charge >= 0.3 is 0 Å². The van der Waals surface area contributed by atoms with Crippen molar-refractivity contribution in [3.05, 3.63) is 29.3 Å². The smallest absolute Gasteiger partial charge is 0.254 e. The molecule has 2 heterocycles. The van der Waals surface area contributed by atoms with E-state index in [-0.39, 0.29) is 12.1 Å². The summed E-state index contributed by atoms with van der Waals surface area (Å²) in [5.41, 5.74) is 3.38. The number of rotatable bonds is 1. The van der Waals surface area contributed by atoms with Crippen LogP contribution in [0.2, 0.25) is 0 Å². The number of carbonyl (C=O) groups excluding carboxylic acids is 1. The van der Waals surface area contributed by atoms with Crippen LogP contribution in [0.25, 0.3) is 0 Å². The fraction of sp³-hybridized carbons (Fsp3) is 0.533. The third-order valence-electron chi connectivity index (χ3n) is 4.42. The Kier molecular flexibility index (Phi) is 2.52. The molecule has 1 saturated heterocycles. The molecule has 4 rings (SSSR count). The van der Waals surface area contributed by atoms with E-state index in [1.54, 1.807) is 0 Å². The summed E-state index contributed by atoms with van der Waals surface area (Å²) in [5.74, 6) is 0.819. The van der Waals surface area contributed by atoms with E-state index in [0.29, 0.717) is 0 Å². The minimum Gasteiger partial charge on any atom is -0.349 e. The standard InChI is InChI=1S/C15H19N3O/c19-15-12-4-3-11(10-1-2-10)9-13(12)18-8-7-16-6-5-14(18)17-15/h3-4,9-10,14,16H,1-2,5-8H2,(H,17,19). The zero-order valence-corrected chi connectivity index (χ0v) is 11.0. The zero-order valence-electron chi connectivity index (χ0n) is 11.0. The number of hydrogen-bond acceptors (Lipinski definition) is 3. The lowest BCUT2D eigenvalue weighted by Gasteiger charge is -2.37. The second-order valence-electron chi connectivity index (χ2n) is 5.77. The molecular formula is C15H19N3O. The molecule has 1 atom stereocenters. The molecule has 1 aromatic carbocycles. The van der Waals surface area contributed by atoms with Crippen LogP contribution in [0, 0.1) is 0 Å². The highest BCUT2D eigenvalue weighted by molar-refractivity contribution is 6.02. The lowest BCUT2D eigenvalue weighted by atomic mass is 10.0. The zero-order chi connectivity index (χ0) is 12.8. The van der Waals surface area contributed by atoms with Crippen LogP contribution in [0.1, 0.15) is 41.1 Å². The minimum atomic E-state index is 0.0838. The Balaban J connectivity index is 1.77. The molecule has 0 radical (unpaired) electrons. The molecule has 0 bridgehead atoms. The first kappa shape index (κ1) is 11.3. The van der Waals surface area contributed by atoms with Gasteiger partial charge in [-0.05, 0) is 49.4 Å². The first-order valence-electron chi connectivity index (χ1n) is 7.25. The summed E-state index contributed by atoms with van der Waals surface area (Å²) in [6.07, 6.45) is 3.73. The molecule has 4 heteroatoms. The van der Waals surface area contributed by atoms with Gasteiger partial charge in [-0.2, -0.15) is 0 Å². The molecule has 1 saturated carbocycles. The Morgan fingerprint density at radius 1 is 1.16 bits per heavy atom. The van der Waals surface area contributed by atoms with E-state index < -0.39 is 0 Å². The van der Waals surface area contributed by atoms with Gasteiger partial charge in [0.05, 0.1) is 11.3 Å². The van der Waals surface area contributed by atoms with Crippen LogP contribution in [0.5, 0.6) is 0 Å². The summed E-state index contributed by atoms with van der Waals surface area (Å²) in [6, 6.07) is 6.39. The lowest BCUT2D eigenvalue weighted by molar-refractivity contribution is 0.0926. The van der Waals surface area contributed by atoms with Gasteiger partial charge in [0.25, 0.3) is 5.91 Å². The summed E-state index contributed by atoms with van der Waals surface area (Å²) in [6.45, 7) is 2.92. The van der Waals surface area contributed by atoms with Gasteiger partial charge in [0.2, 0.25) is 0 Å². The highest BCUT2D eigenvalue weighted by Crippen LogP contribution is 2.42. The van der Waals surface area contributed by atoms with Crippen LogP contribution < -0.4 is 15.5 Å². The van der Waals surface area contributed by atoms with Crippen molar-refractivity contribution in [2.24, 2.45) is 0 Å². The van der Waals surface area contributed by atoms with Crippen LogP contribution in [0.15, 0.2) is 18.2 Å². The van der Waals surface area contributed by atoms with Gasteiger partial charge in [-0.15, -0.1) is 0 Å². The summed E-state index contributed by atoms with van der Waals surface area (Å²) >= 11 is 0. The fourth-order valence-electron chi connectivity index (χ4n) is 3.19. The van der Waals surface area contributed by atoms with Crippen molar-refractivity contribution >= 4 is 11.6 Å². The number of hydrogen-bond donors (Lipinski definition) is 2. The number of fused-ring (bicyclic) bond motifs is 3. The lowest BCUT2D eigenvalue weighted by Crippen LogP contribution is -2.53. The molecule has 1 aromatic rings. The number of anilines is 1. The Bertz CT molecular complexity index is 524. The number of amides is 1. The van der Waals surface area contributed by atoms with E-state index in [0.717, 1.165) is 43.2 Å². The summed E-state index contributed by atoms with van der Waals surface area (Å²) in [5, 5.41) is 6.53. The number of nitrogens with one attached hydrogen (secondary N) is 2. The largest absolute Gasteiger partial charge is 0.349 e. The Labute approximate surface area is 113 Å². The van der Waals surface area contributed by atoms with Crippen molar-refractivity contribution in [3.8, 4) is 0 Å². The van der Waals surface area contributed by atoms with Gasteiger partial charge in [-0.3, -0.25) is 4.79 Å². The predicted octanol–water partition coefficient (Wildman–Crippen LogP) is 1.43. The maximum atomic E-state index is 12.2. The Hall–Kier alpha value is -1.55. The molecule has 2 N–H and O–H groups in total. The van der Waals surface area contributed by atoms with Crippen LogP contribution in [0.3, 0.4) is 0 Å². The van der Waals surface area contributed by atoms with Crippen LogP contribution >= 0.6 is 0 Å². The van der Waals surface area contributed by atoms with Crippen LogP contribution in [-0.2, 0) is 0 Å². The summed E-state index contributed by atoms with van der Waals surface area (Å²) in [4.78, 5) is 14.6. The van der Waals surface area contributed by atoms with Gasteiger partial charge in [-0.1, -0.05) is 6.07 Å². The molecule has 4 nitrogen and oxygen atoms in total. The van der Waals surface area contributed by atoms with Crippen molar-refractivity contribution < 1.29 is 4.79 Å². The van der Waals surface area contributed by atoms with Gasteiger partial charge in [0.15, 0.2) is 0 Å². The maximum absolute atomic E-state index is 12.2. The average molecular weight is 257 g/mol. The molecule has 100 valence electrons. The number of carbonyl (C=O) groups is 1. The van der Waals surface area contributed by atoms with Gasteiger partial charge in [0, 0.05) is 13.1 Å². The first-order chi connectivity index (χ1) is 9.33. The summed E-state index contributed by atoms with van der Waals surface area (Å²) in [7, 11) is 0. The summed E-state index contributed by atoms with van der Waals surface area (Å²) < 4.78 is 0. The number of nitrogens with zero attached hydrogens (tertiary/aromatic N) is 1. The molecule has 0 spiro atoms. The van der Waals surface area contributed by atoms with E-state index in [4.69, 9.17) is 0 Å². The normalized spacial score (nSPS) is 26.2. The highest BCUT2D eigenvalue weighted by Gasteiger charge is 2.33. The first-order valence-corrected chi connectivity index (χ1v) is 7.25. The predicted molar refractivity (Wildman–Crippen MR) is 74.5 cm³/mol. The topological polar surface area (TPSA) is 44.4 Å². The van der Waals surface area contributed by atoms with Crippen molar-refractivity contribution in [1.82, 2.24) is 10.6 Å². The molecule has 1 unspecified atom stereocenters. The second-order valence-corrected chi connectivity index (χ2v) is 5.77. The minimum absolute atomic E-state index is 0.0838. The van der Waals surface area contributed by atoms with Gasteiger partial charge in [-0.25, -0.2) is 0 Å². The van der Waals surface area contributed by atoms with E-state index in [1.807, 2.05) is 6.07 Å². The van der Waals surface area contributed by atoms with Crippen LogP contribution in [0.4, 0.5) is 5.69 Å². The molecule has 3 aliphatic rings. The molecule has 19 heavy (non-hydrogen) atoms. The third-order valence-corrected chi connectivity index (χ3v) is 4.42. The highest BCUT2D eigenvalue weighted by atomic mass is 16.2. The SMILES string of the molecule is O=C1NC2CCNCCN2c2cc(C3CC3)ccc21. The molecule has 2 aliphatic heterocycles. The molecular weight excluding hydrogens is 238 g/mol. The molecule has 1 aliphatic carbocycles. The quantitative estimate of drug-likeness (QED) is 0.800. The van der Waals surface area contributed by atoms with Crippen molar-refractivity contribution in [2.45, 2.75) is 31.3 Å². The van der Waals surface area contributed by atoms with Gasteiger partial charge in [0.1, 0.15) is 6.17 Å². The molecule has 0 aromatic heterocycles. The van der Waals surface area contributed by atoms with E-state index in [1.165, 1.54) is 18.4 Å². The van der Waals surface area contributed by atoms with Crippen LogP contribution in [-0.4, -0.2) is 31.7 Å². The number of benzene rings is 1. The van der Waals surface area contributed by atoms with Crippen molar-refractivity contribution in [3.63, 3.8) is 0 Å². The van der Waals surface area contributed by atoms with E-state index >= 15 is 0 Å². The Morgan fingerprint density at radius 3 is 2.89 bits per heavy atom. The monoisotopic (exact) mass is 257 g/mol. The average Bonchev–Trinajstić information content (AvgIpc) is 3.25. The Morgan fingerprint density at radius 2 is 2.05 bits per heavy atom. The van der Waals surface area contributed by atoms with Crippen molar-refractivity contribution in [2.75, 3.05) is 24.5 Å². The van der Waals surface area contributed by atoms with E-state index in [9.17, 15) is 4.79 Å².